The van der Waals surface area contributed by atoms with Crippen molar-refractivity contribution in [3.05, 3.63) is 64.9 Å². The van der Waals surface area contributed by atoms with Gasteiger partial charge in [0.2, 0.25) is 4.70 Å². The third kappa shape index (κ3) is 6.30. The van der Waals surface area contributed by atoms with Crippen LogP contribution in [0.2, 0.25) is 0 Å². The maximum absolute atomic E-state index is 12.8. The van der Waals surface area contributed by atoms with Gasteiger partial charge >= 0.3 is 6.18 Å². The summed E-state index contributed by atoms with van der Waals surface area (Å²) in [4.78, 5) is 13.4. The van der Waals surface area contributed by atoms with Crippen molar-refractivity contribution in [3.8, 4) is 11.5 Å². The molecule has 3 heterocycles. The van der Waals surface area contributed by atoms with E-state index in [-0.39, 0.29) is 18.0 Å². The smallest absolute Gasteiger partial charge is 0.389 e. The molecule has 12 heteroatoms. The number of aliphatic hydroxyl groups excluding tert-OH is 1. The summed E-state index contributed by atoms with van der Waals surface area (Å²) < 4.78 is 50.9. The minimum absolute atomic E-state index is 0.186. The van der Waals surface area contributed by atoms with E-state index in [1.54, 1.807) is 0 Å². The number of benzene rings is 2. The molecule has 8 nitrogen and oxygen atoms in total. The predicted molar refractivity (Wildman–Crippen MR) is 142 cm³/mol. The van der Waals surface area contributed by atoms with E-state index in [0.29, 0.717) is 31.0 Å². The third-order valence-corrected chi connectivity index (χ3v) is 8.61. The van der Waals surface area contributed by atoms with Gasteiger partial charge in [-0.2, -0.15) is 23.1 Å². The molecular weight excluding hydrogens is 531 g/mol. The first-order chi connectivity index (χ1) is 18.5. The quantitative estimate of drug-likeness (QED) is 0.308. The lowest BCUT2D eigenvalue weighted by atomic mass is 9.98. The van der Waals surface area contributed by atoms with E-state index in [0.717, 1.165) is 40.4 Å². The molecule has 2 aromatic carbocycles. The van der Waals surface area contributed by atoms with Crippen LogP contribution in [0.1, 0.15) is 30.2 Å². The van der Waals surface area contributed by atoms with E-state index in [4.69, 9.17) is 8.71 Å². The Morgan fingerprint density at radius 2 is 1.85 bits per heavy atom. The maximum atomic E-state index is 12.8. The van der Waals surface area contributed by atoms with Gasteiger partial charge in [0.05, 0.1) is 18.2 Å². The van der Waals surface area contributed by atoms with Gasteiger partial charge in [0.25, 0.3) is 10.9 Å². The van der Waals surface area contributed by atoms with Crippen LogP contribution < -0.4 is 4.18 Å². The molecule has 1 aliphatic rings. The number of hydrogen-bond donors (Lipinski definition) is 1. The molecule has 1 fully saturated rings. The lowest BCUT2D eigenvalue weighted by Gasteiger charge is -2.47. The number of alkyl halides is 3. The molecule has 1 unspecified atom stereocenters. The second kappa shape index (κ2) is 10.9. The molecule has 0 aliphatic carbocycles. The van der Waals surface area contributed by atoms with E-state index in [2.05, 4.69) is 38.8 Å². The Morgan fingerprint density at radius 1 is 1.10 bits per heavy atom. The largest absolute Gasteiger partial charge is 0.416 e. The Bertz CT molecular complexity index is 1420. The molecule has 0 saturated carbocycles. The Morgan fingerprint density at radius 3 is 2.56 bits per heavy atom. The average molecular weight is 563 g/mol. The van der Waals surface area contributed by atoms with E-state index in [1.807, 2.05) is 31.2 Å². The van der Waals surface area contributed by atoms with Crippen LogP contribution in [0.25, 0.3) is 21.7 Å². The highest BCUT2D eigenvalue weighted by molar-refractivity contribution is 7.32. The van der Waals surface area contributed by atoms with E-state index in [9.17, 15) is 18.3 Å². The van der Waals surface area contributed by atoms with Crippen molar-refractivity contribution in [2.75, 3.05) is 32.8 Å². The molecule has 5 rings (SSSR count). The molecule has 2 aromatic heterocycles. The summed E-state index contributed by atoms with van der Waals surface area (Å²) in [6.45, 7) is 9.56. The summed E-state index contributed by atoms with van der Waals surface area (Å²) in [6, 6.07) is 12.6. The SMILES string of the molecule is Cc1nc2ccccc2[s+]1OC[C@H](O)CN1CCN(Cc2noc(-c3ccc(C(F)(F)F)cc3)n2)CC1(C)C. The fourth-order valence-electron chi connectivity index (χ4n) is 4.88. The third-order valence-electron chi connectivity index (χ3n) is 6.87. The fourth-order valence-corrected chi connectivity index (χ4v) is 6.48. The Kier molecular flexibility index (Phi) is 7.75. The van der Waals surface area contributed by atoms with Crippen LogP contribution in [0, 0.1) is 6.92 Å². The van der Waals surface area contributed by atoms with Crippen molar-refractivity contribution < 1.29 is 27.0 Å². The number of hydrogen-bond acceptors (Lipinski definition) is 8. The molecule has 4 aromatic rings. The molecule has 1 N–H and O–H groups in total. The van der Waals surface area contributed by atoms with Crippen LogP contribution in [-0.2, 0) is 12.7 Å². The van der Waals surface area contributed by atoms with Crippen LogP contribution in [-0.4, -0.2) is 74.5 Å². The fraction of sp³-hybridized carbons (Fsp3) is 0.444. The van der Waals surface area contributed by atoms with Gasteiger partial charge in [0.1, 0.15) is 12.1 Å². The highest BCUT2D eigenvalue weighted by atomic mass is 32.2. The molecule has 0 bridgehead atoms. The number of thiazole rings is 1. The van der Waals surface area contributed by atoms with Crippen LogP contribution >= 0.6 is 10.8 Å². The second-order valence-electron chi connectivity index (χ2n) is 10.4. The first kappa shape index (κ1) is 27.7. The minimum Gasteiger partial charge on any atom is -0.389 e. The normalized spacial score (nSPS) is 18.1. The predicted octanol–water partition coefficient (Wildman–Crippen LogP) is 4.75. The summed E-state index contributed by atoms with van der Waals surface area (Å²) in [5.41, 5.74) is 0.416. The zero-order valence-electron chi connectivity index (χ0n) is 22.0. The first-order valence-electron chi connectivity index (χ1n) is 12.7. The van der Waals surface area contributed by atoms with Gasteiger partial charge in [0.15, 0.2) is 16.6 Å². The van der Waals surface area contributed by atoms with Crippen molar-refractivity contribution in [2.45, 2.75) is 45.1 Å². The zero-order chi connectivity index (χ0) is 27.8. The van der Waals surface area contributed by atoms with Crippen molar-refractivity contribution in [2.24, 2.45) is 0 Å². The van der Waals surface area contributed by atoms with Gasteiger partial charge in [0, 0.05) is 50.3 Å². The van der Waals surface area contributed by atoms with Gasteiger partial charge in [-0.25, -0.2) is 0 Å². The zero-order valence-corrected chi connectivity index (χ0v) is 22.8. The number of piperazine rings is 1. The summed E-state index contributed by atoms with van der Waals surface area (Å²) in [5, 5.41) is 15.7. The second-order valence-corrected chi connectivity index (χ2v) is 12.2. The molecule has 208 valence electrons. The number of β-amino-alcohol motifs (C(OH)–C–C–N with tert-alkyl or cyclic N) is 1. The average Bonchev–Trinajstić information content (AvgIpc) is 3.47. The van der Waals surface area contributed by atoms with Crippen LogP contribution in [0.3, 0.4) is 0 Å². The van der Waals surface area contributed by atoms with E-state index < -0.39 is 28.6 Å². The van der Waals surface area contributed by atoms with Gasteiger partial charge < -0.3 is 9.63 Å². The Balaban J connectivity index is 1.14. The van der Waals surface area contributed by atoms with E-state index in [1.165, 1.54) is 12.1 Å². The number of rotatable bonds is 8. The first-order valence-corrected chi connectivity index (χ1v) is 13.8. The standard InChI is InChI=1S/C27H31F3N5O3S/c1-18-31-22-6-4-5-7-23(22)39(18)37-16-21(36)14-35-13-12-34(17-26(35,2)3)15-24-32-25(38-33-24)19-8-10-20(11-9-19)27(28,29)30/h4-11,21,36H,12-17H2,1-3H3/q+1/t21-,39?/m1/s1. The number of aromatic nitrogens is 3. The minimum atomic E-state index is -4.40. The monoisotopic (exact) mass is 562 g/mol. The molecule has 0 spiro atoms. The van der Waals surface area contributed by atoms with Gasteiger partial charge in [-0.1, -0.05) is 17.3 Å². The number of fused-ring (bicyclic) bond motifs is 1. The van der Waals surface area contributed by atoms with Crippen molar-refractivity contribution >= 4 is 21.0 Å². The number of halogens is 3. The molecule has 39 heavy (non-hydrogen) atoms. The molecule has 2 atom stereocenters. The highest BCUT2D eigenvalue weighted by Gasteiger charge is 2.36. The van der Waals surface area contributed by atoms with E-state index >= 15 is 0 Å². The van der Waals surface area contributed by atoms with Crippen LogP contribution in [0.5, 0.6) is 0 Å². The van der Waals surface area contributed by atoms with Crippen molar-refractivity contribution in [1.29, 1.82) is 0 Å². The lowest BCUT2D eigenvalue weighted by molar-refractivity contribution is -0.137. The molecule has 0 radical (unpaired) electrons. The summed E-state index contributed by atoms with van der Waals surface area (Å²) in [5.74, 6) is 0.656. The van der Waals surface area contributed by atoms with Crippen LogP contribution in [0.4, 0.5) is 13.2 Å². The Hall–Kier alpha value is -2.90. The number of para-hydroxylation sites is 1. The summed E-state index contributed by atoms with van der Waals surface area (Å²) in [6.07, 6.45) is -5.04. The maximum Gasteiger partial charge on any atom is 0.416 e. The number of nitrogens with zero attached hydrogens (tertiary/aromatic N) is 5. The lowest BCUT2D eigenvalue weighted by Crippen LogP contribution is -2.60. The Labute approximate surface area is 227 Å². The highest BCUT2D eigenvalue weighted by Crippen LogP contribution is 2.32. The topological polar surface area (TPSA) is 87.8 Å². The molecule has 0 amide bonds. The van der Waals surface area contributed by atoms with Gasteiger partial charge in [-0.15, -0.1) is 4.18 Å². The van der Waals surface area contributed by atoms with Gasteiger partial charge in [-0.3, -0.25) is 9.80 Å². The van der Waals surface area contributed by atoms with Crippen molar-refractivity contribution in [3.63, 3.8) is 0 Å². The summed E-state index contributed by atoms with van der Waals surface area (Å²) >= 11 is 0. The molecule has 1 saturated heterocycles. The van der Waals surface area contributed by atoms with Crippen molar-refractivity contribution in [1.82, 2.24) is 24.9 Å². The van der Waals surface area contributed by atoms with Gasteiger partial charge in [-0.05, 0) is 44.2 Å². The van der Waals surface area contributed by atoms with Crippen LogP contribution in [0.15, 0.2) is 53.1 Å². The molecular formula is C27H31F3N5O3S+. The number of aryl methyl sites for hydroxylation is 1. The molecule has 1 aliphatic heterocycles. The summed E-state index contributed by atoms with van der Waals surface area (Å²) in [7, 11) is -0.548. The number of aliphatic hydroxyl groups is 1.